The molecule has 0 saturated heterocycles. The zero-order valence-corrected chi connectivity index (χ0v) is 12.2. The van der Waals surface area contributed by atoms with Crippen LogP contribution in [-0.4, -0.2) is 16.5 Å². The molecule has 0 spiro atoms. The number of hydrogen-bond donors (Lipinski definition) is 1. The molecule has 0 bridgehead atoms. The Morgan fingerprint density at radius 2 is 2.11 bits per heavy atom. The Morgan fingerprint density at radius 3 is 2.83 bits per heavy atom. The molecule has 1 aromatic heterocycles. The number of rotatable bonds is 4. The molecule has 94 valence electrons. The maximum absolute atomic E-state index is 4.53. The SMILES string of the molecule is CCCNc1ccnc(-c2ccc(Br)cc2C)n1. The fourth-order valence-corrected chi connectivity index (χ4v) is 2.19. The molecule has 1 aromatic carbocycles. The van der Waals surface area contributed by atoms with Gasteiger partial charge in [0.25, 0.3) is 0 Å². The van der Waals surface area contributed by atoms with Gasteiger partial charge < -0.3 is 5.32 Å². The van der Waals surface area contributed by atoms with E-state index in [4.69, 9.17) is 0 Å². The molecular formula is C14H16BrN3. The van der Waals surface area contributed by atoms with E-state index in [9.17, 15) is 0 Å². The number of nitrogens with one attached hydrogen (secondary N) is 1. The van der Waals surface area contributed by atoms with Gasteiger partial charge in [0.15, 0.2) is 5.82 Å². The van der Waals surface area contributed by atoms with Crippen LogP contribution in [0.15, 0.2) is 34.9 Å². The molecule has 1 N–H and O–H groups in total. The van der Waals surface area contributed by atoms with Crippen molar-refractivity contribution in [1.29, 1.82) is 0 Å². The Labute approximate surface area is 116 Å². The van der Waals surface area contributed by atoms with Gasteiger partial charge in [-0.1, -0.05) is 22.9 Å². The maximum Gasteiger partial charge on any atom is 0.161 e. The van der Waals surface area contributed by atoms with E-state index >= 15 is 0 Å². The molecule has 0 radical (unpaired) electrons. The largest absolute Gasteiger partial charge is 0.370 e. The molecule has 4 heteroatoms. The van der Waals surface area contributed by atoms with Crippen molar-refractivity contribution in [3.8, 4) is 11.4 Å². The first kappa shape index (κ1) is 13.0. The lowest BCUT2D eigenvalue weighted by atomic mass is 10.1. The van der Waals surface area contributed by atoms with Gasteiger partial charge in [-0.2, -0.15) is 0 Å². The van der Waals surface area contributed by atoms with Crippen LogP contribution in [0.25, 0.3) is 11.4 Å². The molecule has 2 rings (SSSR count). The molecule has 0 fully saturated rings. The first-order valence-corrected chi connectivity index (χ1v) is 6.83. The predicted molar refractivity (Wildman–Crippen MR) is 78.7 cm³/mol. The van der Waals surface area contributed by atoms with Crippen molar-refractivity contribution < 1.29 is 0 Å². The zero-order valence-electron chi connectivity index (χ0n) is 10.6. The first-order valence-electron chi connectivity index (χ1n) is 6.04. The number of halogens is 1. The molecule has 0 saturated carbocycles. The van der Waals surface area contributed by atoms with E-state index < -0.39 is 0 Å². The van der Waals surface area contributed by atoms with Crippen LogP contribution in [0.3, 0.4) is 0 Å². The Morgan fingerprint density at radius 1 is 1.28 bits per heavy atom. The summed E-state index contributed by atoms with van der Waals surface area (Å²) in [5.41, 5.74) is 2.23. The minimum atomic E-state index is 0.765. The van der Waals surface area contributed by atoms with Gasteiger partial charge in [-0.25, -0.2) is 9.97 Å². The number of anilines is 1. The topological polar surface area (TPSA) is 37.8 Å². The maximum atomic E-state index is 4.53. The second-order valence-electron chi connectivity index (χ2n) is 4.15. The lowest BCUT2D eigenvalue weighted by Gasteiger charge is -2.08. The highest BCUT2D eigenvalue weighted by atomic mass is 79.9. The third-order valence-electron chi connectivity index (χ3n) is 2.64. The average molecular weight is 306 g/mol. The molecule has 3 nitrogen and oxygen atoms in total. The second-order valence-corrected chi connectivity index (χ2v) is 5.07. The van der Waals surface area contributed by atoms with Crippen molar-refractivity contribution >= 4 is 21.7 Å². The van der Waals surface area contributed by atoms with Crippen LogP contribution in [0.2, 0.25) is 0 Å². The van der Waals surface area contributed by atoms with E-state index in [-0.39, 0.29) is 0 Å². The normalized spacial score (nSPS) is 10.4. The van der Waals surface area contributed by atoms with Crippen molar-refractivity contribution in [1.82, 2.24) is 9.97 Å². The summed E-state index contributed by atoms with van der Waals surface area (Å²) < 4.78 is 1.07. The van der Waals surface area contributed by atoms with Crippen LogP contribution in [-0.2, 0) is 0 Å². The summed E-state index contributed by atoms with van der Waals surface area (Å²) in [6.07, 6.45) is 2.87. The number of benzene rings is 1. The first-order chi connectivity index (χ1) is 8.70. The molecule has 0 aliphatic heterocycles. The van der Waals surface area contributed by atoms with Gasteiger partial charge in [0.05, 0.1) is 0 Å². The van der Waals surface area contributed by atoms with Crippen LogP contribution in [0.5, 0.6) is 0 Å². The van der Waals surface area contributed by atoms with Crippen molar-refractivity contribution in [2.45, 2.75) is 20.3 Å². The molecule has 0 amide bonds. The summed E-state index contributed by atoms with van der Waals surface area (Å²) in [6, 6.07) is 8.02. The van der Waals surface area contributed by atoms with Gasteiger partial charge in [-0.15, -0.1) is 0 Å². The fraction of sp³-hybridized carbons (Fsp3) is 0.286. The zero-order chi connectivity index (χ0) is 13.0. The summed E-state index contributed by atoms with van der Waals surface area (Å²) in [4.78, 5) is 8.88. The summed E-state index contributed by atoms with van der Waals surface area (Å²) in [6.45, 7) is 5.12. The fourth-order valence-electron chi connectivity index (χ4n) is 1.72. The Kier molecular flexibility index (Phi) is 4.31. The van der Waals surface area contributed by atoms with Gasteiger partial charge in [0, 0.05) is 22.8 Å². The third-order valence-corrected chi connectivity index (χ3v) is 3.13. The average Bonchev–Trinajstić information content (AvgIpc) is 2.36. The van der Waals surface area contributed by atoms with Gasteiger partial charge >= 0.3 is 0 Å². The highest BCUT2D eigenvalue weighted by molar-refractivity contribution is 9.10. The van der Waals surface area contributed by atoms with Crippen molar-refractivity contribution in [3.63, 3.8) is 0 Å². The standard InChI is InChI=1S/C14H16BrN3/c1-3-7-16-13-6-8-17-14(18-13)12-5-4-11(15)9-10(12)2/h4-6,8-9H,3,7H2,1-2H3,(H,16,17,18). The van der Waals surface area contributed by atoms with E-state index in [2.05, 4.69) is 51.1 Å². The number of aryl methyl sites for hydroxylation is 1. The summed E-state index contributed by atoms with van der Waals surface area (Å²) in [5, 5.41) is 3.27. The smallest absolute Gasteiger partial charge is 0.161 e. The van der Waals surface area contributed by atoms with Crippen molar-refractivity contribution in [2.75, 3.05) is 11.9 Å². The Bertz CT molecular complexity index is 540. The molecule has 1 heterocycles. The predicted octanol–water partition coefficient (Wildman–Crippen LogP) is 4.04. The quantitative estimate of drug-likeness (QED) is 0.926. The molecule has 0 aliphatic rings. The van der Waals surface area contributed by atoms with Crippen molar-refractivity contribution in [2.24, 2.45) is 0 Å². The molecular weight excluding hydrogens is 290 g/mol. The van der Waals surface area contributed by atoms with E-state index in [1.807, 2.05) is 18.2 Å². The van der Waals surface area contributed by atoms with Gasteiger partial charge in [0.1, 0.15) is 5.82 Å². The lowest BCUT2D eigenvalue weighted by molar-refractivity contribution is 0.965. The number of nitrogens with zero attached hydrogens (tertiary/aromatic N) is 2. The number of hydrogen-bond acceptors (Lipinski definition) is 3. The second kappa shape index (κ2) is 5.96. The molecule has 18 heavy (non-hydrogen) atoms. The Balaban J connectivity index is 2.32. The van der Waals surface area contributed by atoms with Crippen molar-refractivity contribution in [3.05, 3.63) is 40.5 Å². The van der Waals surface area contributed by atoms with E-state index in [1.165, 1.54) is 0 Å². The lowest BCUT2D eigenvalue weighted by Crippen LogP contribution is -2.03. The highest BCUT2D eigenvalue weighted by Gasteiger charge is 2.06. The van der Waals surface area contributed by atoms with E-state index in [0.29, 0.717) is 0 Å². The molecule has 2 aromatic rings. The molecule has 0 atom stereocenters. The minimum absolute atomic E-state index is 0.765. The van der Waals surface area contributed by atoms with E-state index in [1.54, 1.807) is 6.20 Å². The summed E-state index contributed by atoms with van der Waals surface area (Å²) >= 11 is 3.46. The van der Waals surface area contributed by atoms with Gasteiger partial charge in [-0.05, 0) is 43.2 Å². The minimum Gasteiger partial charge on any atom is -0.370 e. The molecule has 0 aliphatic carbocycles. The van der Waals surface area contributed by atoms with Crippen LogP contribution in [0.4, 0.5) is 5.82 Å². The van der Waals surface area contributed by atoms with Crippen LogP contribution in [0.1, 0.15) is 18.9 Å². The van der Waals surface area contributed by atoms with Gasteiger partial charge in [0.2, 0.25) is 0 Å². The van der Waals surface area contributed by atoms with Crippen LogP contribution >= 0.6 is 15.9 Å². The third kappa shape index (κ3) is 3.07. The van der Waals surface area contributed by atoms with Gasteiger partial charge in [-0.3, -0.25) is 0 Å². The van der Waals surface area contributed by atoms with E-state index in [0.717, 1.165) is 40.2 Å². The number of aromatic nitrogens is 2. The Hall–Kier alpha value is -1.42. The summed E-state index contributed by atoms with van der Waals surface area (Å²) in [5.74, 6) is 1.64. The van der Waals surface area contributed by atoms with Crippen LogP contribution < -0.4 is 5.32 Å². The highest BCUT2D eigenvalue weighted by Crippen LogP contribution is 2.23. The summed E-state index contributed by atoms with van der Waals surface area (Å²) in [7, 11) is 0. The van der Waals surface area contributed by atoms with Crippen LogP contribution in [0, 0.1) is 6.92 Å². The molecule has 0 unspecified atom stereocenters. The monoisotopic (exact) mass is 305 g/mol.